The Morgan fingerprint density at radius 1 is 0.930 bits per heavy atom. The number of esters is 1. The number of unbranched alkanes of at least 4 members (excludes halogenated alkanes) is 1. The minimum atomic E-state index is -1.71. The third kappa shape index (κ3) is 8.16. The molecule has 1 saturated heterocycles. The molecule has 1 aliphatic rings. The molecule has 4 rings (SSSR count). The number of aliphatic hydroxyl groups excluding tert-OH is 5. The highest BCUT2D eigenvalue weighted by Gasteiger charge is 2.43. The van der Waals surface area contributed by atoms with Crippen LogP contribution in [0.25, 0.3) is 22.4 Å². The van der Waals surface area contributed by atoms with Gasteiger partial charge in [-0.2, -0.15) is 0 Å². The first kappa shape index (κ1) is 32.1. The molecule has 5 unspecified atom stereocenters. The van der Waals surface area contributed by atoms with Crippen LogP contribution in [0.2, 0.25) is 0 Å². The van der Waals surface area contributed by atoms with Gasteiger partial charge in [0.05, 0.1) is 25.7 Å². The molecule has 0 spiro atoms. The molecule has 13 heteroatoms. The van der Waals surface area contributed by atoms with Crippen LogP contribution in [0.5, 0.6) is 5.75 Å². The number of aliphatic hydroxyl groups is 5. The quantitative estimate of drug-likeness (QED) is 0.119. The second kappa shape index (κ2) is 15.0. The molecule has 0 aliphatic carbocycles. The van der Waals surface area contributed by atoms with E-state index in [9.17, 15) is 35.1 Å². The van der Waals surface area contributed by atoms with Gasteiger partial charge in [0, 0.05) is 18.5 Å². The summed E-state index contributed by atoms with van der Waals surface area (Å²) in [7, 11) is 1.57. The summed E-state index contributed by atoms with van der Waals surface area (Å²) in [5.74, 6) is 0.179. The fraction of sp³-hybridized carbons (Fsp3) is 0.433. The lowest BCUT2D eigenvalue weighted by Crippen LogP contribution is -2.58. The van der Waals surface area contributed by atoms with Crippen LogP contribution in [0.15, 0.2) is 53.1 Å². The Balaban J connectivity index is 1.28. The summed E-state index contributed by atoms with van der Waals surface area (Å²) in [5.41, 5.74) is 3.53. The van der Waals surface area contributed by atoms with Gasteiger partial charge in [0.15, 0.2) is 12.1 Å². The molecule has 1 aliphatic heterocycles. The van der Waals surface area contributed by atoms with E-state index in [2.05, 4.69) is 10.5 Å². The van der Waals surface area contributed by atoms with Crippen molar-refractivity contribution < 1.29 is 53.9 Å². The zero-order chi connectivity index (χ0) is 30.9. The van der Waals surface area contributed by atoms with Crippen molar-refractivity contribution in [1.29, 1.82) is 0 Å². The fourth-order valence-corrected chi connectivity index (χ4v) is 4.61. The summed E-state index contributed by atoms with van der Waals surface area (Å²) in [5, 5.41) is 55.1. The van der Waals surface area contributed by atoms with Crippen molar-refractivity contribution in [3.63, 3.8) is 0 Å². The number of hydrogen-bond donors (Lipinski definition) is 6. The number of methoxy groups -OCH3 is 1. The summed E-state index contributed by atoms with van der Waals surface area (Å²) < 4.78 is 20.9. The van der Waals surface area contributed by atoms with E-state index in [-0.39, 0.29) is 25.4 Å². The van der Waals surface area contributed by atoms with Gasteiger partial charge in [0.2, 0.25) is 5.91 Å². The Morgan fingerprint density at radius 3 is 2.30 bits per heavy atom. The predicted molar refractivity (Wildman–Crippen MR) is 150 cm³/mol. The lowest BCUT2D eigenvalue weighted by molar-refractivity contribution is -0.287. The van der Waals surface area contributed by atoms with Crippen LogP contribution in [0.3, 0.4) is 0 Å². The molecule has 1 amide bonds. The van der Waals surface area contributed by atoms with E-state index < -0.39 is 43.3 Å². The van der Waals surface area contributed by atoms with Crippen LogP contribution < -0.4 is 10.1 Å². The largest absolute Gasteiger partial charge is 0.497 e. The zero-order valence-electron chi connectivity index (χ0n) is 23.6. The van der Waals surface area contributed by atoms with Gasteiger partial charge in [-0.1, -0.05) is 41.6 Å². The standard InChI is InChI=1S/C30H36N2O11/c1-40-20-11-9-18(10-12-20)25-21(43-32-26(25)19-7-5-17(15-33)6-8-19)14-23(34)31-13-3-2-4-24(35)41-16-22-27(36)28(37)29(38)30(39)42-22/h5-12,22,27-30,33,36-39H,2-4,13-16H2,1H3,(H,31,34). The Bertz CT molecular complexity index is 1340. The molecule has 13 nitrogen and oxygen atoms in total. The average molecular weight is 601 g/mol. The summed E-state index contributed by atoms with van der Waals surface area (Å²) in [6, 6.07) is 14.5. The van der Waals surface area contributed by atoms with Crippen LogP contribution in [-0.2, 0) is 32.1 Å². The first-order valence-electron chi connectivity index (χ1n) is 13.8. The number of aromatic nitrogens is 1. The smallest absolute Gasteiger partial charge is 0.305 e. The van der Waals surface area contributed by atoms with Gasteiger partial charge < -0.3 is 49.6 Å². The topological polar surface area (TPSA) is 201 Å². The number of benzene rings is 2. The summed E-state index contributed by atoms with van der Waals surface area (Å²) in [4.78, 5) is 24.8. The second-order valence-electron chi connectivity index (χ2n) is 10.1. The number of hydrogen-bond acceptors (Lipinski definition) is 12. The van der Waals surface area contributed by atoms with E-state index in [1.807, 2.05) is 24.3 Å². The van der Waals surface area contributed by atoms with Gasteiger partial charge in [-0.3, -0.25) is 9.59 Å². The van der Waals surface area contributed by atoms with Crippen molar-refractivity contribution in [2.24, 2.45) is 0 Å². The van der Waals surface area contributed by atoms with Gasteiger partial charge in [-0.15, -0.1) is 0 Å². The van der Waals surface area contributed by atoms with Crippen molar-refractivity contribution in [2.45, 2.75) is 63.0 Å². The number of nitrogens with one attached hydrogen (secondary N) is 1. The van der Waals surface area contributed by atoms with Crippen molar-refractivity contribution in [2.75, 3.05) is 20.3 Å². The average Bonchev–Trinajstić information content (AvgIpc) is 3.44. The number of amides is 1. The molecule has 5 atom stereocenters. The Labute approximate surface area is 247 Å². The summed E-state index contributed by atoms with van der Waals surface area (Å²) in [6.45, 7) is -0.189. The van der Waals surface area contributed by atoms with Crippen molar-refractivity contribution in [3.8, 4) is 28.1 Å². The van der Waals surface area contributed by atoms with E-state index in [0.717, 1.165) is 16.7 Å². The number of carbonyl (C=O) groups is 2. The highest BCUT2D eigenvalue weighted by molar-refractivity contribution is 5.86. The lowest BCUT2D eigenvalue weighted by atomic mass is 9.97. The van der Waals surface area contributed by atoms with E-state index in [1.54, 1.807) is 31.4 Å². The van der Waals surface area contributed by atoms with E-state index in [4.69, 9.17) is 18.7 Å². The summed E-state index contributed by atoms with van der Waals surface area (Å²) in [6.07, 6.45) is -6.86. The molecule has 0 bridgehead atoms. The molecule has 6 N–H and O–H groups in total. The molecule has 232 valence electrons. The van der Waals surface area contributed by atoms with Gasteiger partial charge >= 0.3 is 5.97 Å². The van der Waals surface area contributed by atoms with Crippen LogP contribution >= 0.6 is 0 Å². The van der Waals surface area contributed by atoms with Gasteiger partial charge in [-0.25, -0.2) is 0 Å². The molecule has 3 aromatic rings. The maximum absolute atomic E-state index is 12.8. The van der Waals surface area contributed by atoms with Crippen LogP contribution in [-0.4, -0.2) is 93.5 Å². The number of ether oxygens (including phenoxy) is 3. The number of carbonyl (C=O) groups excluding carboxylic acids is 2. The molecular weight excluding hydrogens is 564 g/mol. The zero-order valence-corrected chi connectivity index (χ0v) is 23.6. The van der Waals surface area contributed by atoms with Crippen LogP contribution in [0, 0.1) is 0 Å². The first-order valence-corrected chi connectivity index (χ1v) is 13.8. The fourth-order valence-electron chi connectivity index (χ4n) is 4.61. The second-order valence-corrected chi connectivity index (χ2v) is 10.1. The molecule has 1 fully saturated rings. The molecule has 0 radical (unpaired) electrons. The van der Waals surface area contributed by atoms with Crippen LogP contribution in [0.4, 0.5) is 0 Å². The van der Waals surface area contributed by atoms with Crippen molar-refractivity contribution in [3.05, 3.63) is 59.9 Å². The summed E-state index contributed by atoms with van der Waals surface area (Å²) >= 11 is 0. The highest BCUT2D eigenvalue weighted by Crippen LogP contribution is 2.36. The molecule has 1 aromatic heterocycles. The predicted octanol–water partition coefficient (Wildman–Crippen LogP) is 0.682. The minimum Gasteiger partial charge on any atom is -0.497 e. The van der Waals surface area contributed by atoms with Gasteiger partial charge in [0.1, 0.15) is 42.5 Å². The monoisotopic (exact) mass is 600 g/mol. The maximum Gasteiger partial charge on any atom is 0.305 e. The van der Waals surface area contributed by atoms with Crippen molar-refractivity contribution in [1.82, 2.24) is 10.5 Å². The SMILES string of the molecule is COc1ccc(-c2c(-c3ccc(CO)cc3)noc2CC(=O)NCCCCC(=O)OCC2OC(O)C(O)C(O)C2O)cc1. The Kier molecular flexibility index (Phi) is 11.2. The van der Waals surface area contributed by atoms with Crippen molar-refractivity contribution >= 4 is 11.9 Å². The number of rotatable bonds is 13. The van der Waals surface area contributed by atoms with E-state index in [0.29, 0.717) is 42.2 Å². The molecule has 2 heterocycles. The Hall–Kier alpha value is -3.85. The normalized spacial score (nSPS) is 21.8. The third-order valence-corrected chi connectivity index (χ3v) is 7.10. The van der Waals surface area contributed by atoms with E-state index >= 15 is 0 Å². The van der Waals surface area contributed by atoms with Gasteiger partial charge in [-0.05, 0) is 36.1 Å². The minimum absolute atomic E-state index is 0.0363. The lowest BCUT2D eigenvalue weighted by Gasteiger charge is -2.37. The Morgan fingerprint density at radius 2 is 1.63 bits per heavy atom. The van der Waals surface area contributed by atoms with E-state index in [1.165, 1.54) is 0 Å². The highest BCUT2D eigenvalue weighted by atomic mass is 16.6. The van der Waals surface area contributed by atoms with Gasteiger partial charge in [0.25, 0.3) is 0 Å². The maximum atomic E-state index is 12.8. The van der Waals surface area contributed by atoms with Crippen LogP contribution in [0.1, 0.15) is 30.6 Å². The molecule has 43 heavy (non-hydrogen) atoms. The molecular formula is C30H36N2O11. The first-order chi connectivity index (χ1) is 20.7. The molecule has 2 aromatic carbocycles. The number of nitrogens with zero attached hydrogens (tertiary/aromatic N) is 1. The molecule has 0 saturated carbocycles. The third-order valence-electron chi connectivity index (χ3n) is 7.10.